The molecule has 0 unspecified atom stereocenters. The molecule has 1 heterocycles. The first kappa shape index (κ1) is 11.4. The fraction of sp³-hybridized carbons (Fsp3) is 1.00. The molecule has 15 heavy (non-hydrogen) atoms. The second-order valence-corrected chi connectivity index (χ2v) is 5.89. The maximum atomic E-state index is 6.18. The zero-order valence-electron chi connectivity index (χ0n) is 10.2. The van der Waals surface area contributed by atoms with Crippen LogP contribution in [0.2, 0.25) is 0 Å². The van der Waals surface area contributed by atoms with Crippen LogP contribution in [0.25, 0.3) is 0 Å². The van der Waals surface area contributed by atoms with Crippen LogP contribution in [-0.2, 0) is 9.31 Å². The summed E-state index contributed by atoms with van der Waals surface area (Å²) in [6, 6.07) is 0. The molecule has 86 valence electrons. The van der Waals surface area contributed by atoms with Crippen LogP contribution in [0, 0.1) is 5.92 Å². The molecule has 0 amide bonds. The molecule has 0 aromatic rings. The molecule has 1 aliphatic heterocycles. The van der Waals surface area contributed by atoms with Gasteiger partial charge in [-0.25, -0.2) is 0 Å². The highest BCUT2D eigenvalue weighted by Gasteiger charge is 2.54. The summed E-state index contributed by atoms with van der Waals surface area (Å²) in [7, 11) is -0.222. The van der Waals surface area contributed by atoms with Gasteiger partial charge in [0.05, 0.1) is 11.2 Å². The summed E-state index contributed by atoms with van der Waals surface area (Å²) in [5.74, 6) is 0.638. The molecule has 1 saturated carbocycles. The van der Waals surface area contributed by atoms with Crippen LogP contribution in [-0.4, -0.2) is 24.3 Å². The minimum Gasteiger partial charge on any atom is -0.402 e. The van der Waals surface area contributed by atoms with Crippen LogP contribution in [0.1, 0.15) is 47.0 Å². The van der Waals surface area contributed by atoms with Gasteiger partial charge in [0.15, 0.2) is 0 Å². The standard InChI is InChI=1S/C11H22BNO2/c1-10(2)11(3,4)15-12(14-10)9(13)8-6-5-7-8/h8-9H,5-7,13H2,1-4H3/t9-/m1/s1. The summed E-state index contributed by atoms with van der Waals surface area (Å²) in [5, 5.41) is 0. The predicted octanol–water partition coefficient (Wildman–Crippen LogP) is 1.75. The van der Waals surface area contributed by atoms with E-state index in [9.17, 15) is 0 Å². The van der Waals surface area contributed by atoms with Crippen molar-refractivity contribution in [3.05, 3.63) is 0 Å². The van der Waals surface area contributed by atoms with Gasteiger partial charge in [0.1, 0.15) is 0 Å². The van der Waals surface area contributed by atoms with E-state index in [1.54, 1.807) is 0 Å². The van der Waals surface area contributed by atoms with E-state index in [0.717, 1.165) is 0 Å². The number of hydrogen-bond donors (Lipinski definition) is 1. The van der Waals surface area contributed by atoms with Gasteiger partial charge in [-0.05, 0) is 46.5 Å². The zero-order valence-corrected chi connectivity index (χ0v) is 10.2. The monoisotopic (exact) mass is 211 g/mol. The molecule has 0 radical (unpaired) electrons. The molecule has 2 aliphatic rings. The van der Waals surface area contributed by atoms with E-state index >= 15 is 0 Å². The molecule has 4 heteroatoms. The predicted molar refractivity (Wildman–Crippen MR) is 61.4 cm³/mol. The van der Waals surface area contributed by atoms with Crippen molar-refractivity contribution in [1.82, 2.24) is 0 Å². The van der Waals surface area contributed by atoms with Gasteiger partial charge in [-0.1, -0.05) is 6.42 Å². The van der Waals surface area contributed by atoms with E-state index in [0.29, 0.717) is 5.92 Å². The number of rotatable bonds is 2. The largest absolute Gasteiger partial charge is 0.476 e. The van der Waals surface area contributed by atoms with Crippen LogP contribution in [0.4, 0.5) is 0 Å². The van der Waals surface area contributed by atoms with Crippen molar-refractivity contribution < 1.29 is 9.31 Å². The normalized spacial score (nSPS) is 31.4. The molecular weight excluding hydrogens is 189 g/mol. The SMILES string of the molecule is CC1(C)OB([C@H](N)C2CCC2)OC1(C)C. The molecule has 2 N–H and O–H groups in total. The summed E-state index contributed by atoms with van der Waals surface area (Å²) in [4.78, 5) is 0. The Morgan fingerprint density at radius 3 is 1.93 bits per heavy atom. The average molecular weight is 211 g/mol. The van der Waals surface area contributed by atoms with Crippen molar-refractivity contribution in [1.29, 1.82) is 0 Å². The molecule has 3 nitrogen and oxygen atoms in total. The lowest BCUT2D eigenvalue weighted by molar-refractivity contribution is 0.00578. The van der Waals surface area contributed by atoms with E-state index in [-0.39, 0.29) is 24.3 Å². The molecule has 1 atom stereocenters. The van der Waals surface area contributed by atoms with Gasteiger partial charge in [0, 0.05) is 5.94 Å². The third-order valence-electron chi connectivity index (χ3n) is 4.28. The highest BCUT2D eigenvalue weighted by Crippen LogP contribution is 2.40. The fourth-order valence-electron chi connectivity index (χ4n) is 2.09. The number of hydrogen-bond acceptors (Lipinski definition) is 3. The average Bonchev–Trinajstić information content (AvgIpc) is 2.17. The van der Waals surface area contributed by atoms with Crippen LogP contribution in [0.15, 0.2) is 0 Å². The quantitative estimate of drug-likeness (QED) is 0.707. The fourth-order valence-corrected chi connectivity index (χ4v) is 2.09. The summed E-state index contributed by atoms with van der Waals surface area (Å²) in [6.45, 7) is 8.28. The number of nitrogens with two attached hydrogens (primary N) is 1. The lowest BCUT2D eigenvalue weighted by Gasteiger charge is -2.32. The summed E-state index contributed by atoms with van der Waals surface area (Å²) >= 11 is 0. The Labute approximate surface area is 92.8 Å². The van der Waals surface area contributed by atoms with Gasteiger partial charge < -0.3 is 15.0 Å². The molecule has 0 spiro atoms. The molecule has 1 aliphatic carbocycles. The van der Waals surface area contributed by atoms with Crippen LogP contribution >= 0.6 is 0 Å². The molecule has 2 fully saturated rings. The Bertz CT molecular complexity index is 235. The Kier molecular flexibility index (Phi) is 2.65. The molecule has 0 aromatic carbocycles. The van der Waals surface area contributed by atoms with Gasteiger partial charge in [-0.2, -0.15) is 0 Å². The van der Waals surface area contributed by atoms with Gasteiger partial charge in [-0.15, -0.1) is 0 Å². The first-order valence-electron chi connectivity index (χ1n) is 5.95. The van der Waals surface area contributed by atoms with E-state index in [2.05, 4.69) is 27.7 Å². The summed E-state index contributed by atoms with van der Waals surface area (Å²) in [6.07, 6.45) is 3.76. The van der Waals surface area contributed by atoms with Crippen LogP contribution in [0.5, 0.6) is 0 Å². The van der Waals surface area contributed by atoms with Crippen molar-refractivity contribution in [2.24, 2.45) is 11.7 Å². The maximum absolute atomic E-state index is 6.18. The van der Waals surface area contributed by atoms with Crippen molar-refractivity contribution in [3.8, 4) is 0 Å². The van der Waals surface area contributed by atoms with Gasteiger partial charge in [0.2, 0.25) is 0 Å². The zero-order chi connectivity index (χ0) is 11.3. The molecule has 0 bridgehead atoms. The minimum atomic E-state index is -0.251. The topological polar surface area (TPSA) is 44.5 Å². The first-order chi connectivity index (χ1) is 6.83. The van der Waals surface area contributed by atoms with E-state index in [4.69, 9.17) is 15.0 Å². The van der Waals surface area contributed by atoms with Crippen LogP contribution < -0.4 is 5.73 Å². The highest BCUT2D eigenvalue weighted by molar-refractivity contribution is 6.47. The van der Waals surface area contributed by atoms with E-state index < -0.39 is 0 Å². The van der Waals surface area contributed by atoms with Crippen molar-refractivity contribution in [3.63, 3.8) is 0 Å². The first-order valence-corrected chi connectivity index (χ1v) is 5.95. The highest BCUT2D eigenvalue weighted by atomic mass is 16.7. The smallest absolute Gasteiger partial charge is 0.402 e. The second kappa shape index (κ2) is 3.47. The summed E-state index contributed by atoms with van der Waals surface area (Å²) in [5.41, 5.74) is 5.67. The molecular formula is C11H22BNO2. The molecule has 2 rings (SSSR count). The van der Waals surface area contributed by atoms with Crippen molar-refractivity contribution in [2.45, 2.75) is 64.1 Å². The Morgan fingerprint density at radius 2 is 1.60 bits per heavy atom. The second-order valence-electron chi connectivity index (χ2n) is 5.89. The molecule has 0 aromatic heterocycles. The Morgan fingerprint density at radius 1 is 1.13 bits per heavy atom. The third-order valence-corrected chi connectivity index (χ3v) is 4.28. The lowest BCUT2D eigenvalue weighted by atomic mass is 9.64. The maximum Gasteiger partial charge on any atom is 0.476 e. The molecule has 1 saturated heterocycles. The van der Waals surface area contributed by atoms with Crippen LogP contribution in [0.3, 0.4) is 0 Å². The van der Waals surface area contributed by atoms with Gasteiger partial charge >= 0.3 is 7.12 Å². The minimum absolute atomic E-state index is 0.0415. The Balaban J connectivity index is 2.02. The van der Waals surface area contributed by atoms with Crippen molar-refractivity contribution >= 4 is 7.12 Å². The third kappa shape index (κ3) is 1.83. The van der Waals surface area contributed by atoms with E-state index in [1.807, 2.05) is 0 Å². The van der Waals surface area contributed by atoms with Gasteiger partial charge in [0.25, 0.3) is 0 Å². The van der Waals surface area contributed by atoms with Gasteiger partial charge in [-0.3, -0.25) is 0 Å². The summed E-state index contributed by atoms with van der Waals surface area (Å²) < 4.78 is 11.9. The Hall–Kier alpha value is -0.0551. The van der Waals surface area contributed by atoms with E-state index in [1.165, 1.54) is 19.3 Å². The van der Waals surface area contributed by atoms with Crippen molar-refractivity contribution in [2.75, 3.05) is 0 Å². The lowest BCUT2D eigenvalue weighted by Crippen LogP contribution is -2.49.